The van der Waals surface area contributed by atoms with E-state index in [2.05, 4.69) is 10.2 Å². The Labute approximate surface area is 76.6 Å². The summed E-state index contributed by atoms with van der Waals surface area (Å²) >= 11 is 0. The second-order valence-corrected chi connectivity index (χ2v) is 3.13. The van der Waals surface area contributed by atoms with Crippen molar-refractivity contribution in [1.29, 1.82) is 0 Å². The first-order valence-electron chi connectivity index (χ1n) is 4.24. The van der Waals surface area contributed by atoms with Gasteiger partial charge in [-0.1, -0.05) is 18.2 Å². The molecule has 2 rings (SSSR count). The predicted octanol–water partition coefficient (Wildman–Crippen LogP) is 1.65. The van der Waals surface area contributed by atoms with Crippen LogP contribution in [0.3, 0.4) is 0 Å². The normalized spacial score (nSPS) is 13.1. The largest absolute Gasteiger partial charge is 0.324 e. The van der Waals surface area contributed by atoms with Gasteiger partial charge in [-0.15, -0.1) is 0 Å². The van der Waals surface area contributed by atoms with Gasteiger partial charge in [0.05, 0.1) is 12.4 Å². The van der Waals surface area contributed by atoms with Gasteiger partial charge < -0.3 is 5.73 Å². The number of hydrogen-bond donors (Lipinski definition) is 1. The van der Waals surface area contributed by atoms with Gasteiger partial charge in [0.25, 0.3) is 0 Å². The number of rotatable bonds is 1. The first-order chi connectivity index (χ1) is 6.29. The molecule has 3 heteroatoms. The van der Waals surface area contributed by atoms with E-state index in [0.29, 0.717) is 0 Å². The van der Waals surface area contributed by atoms with Crippen molar-refractivity contribution >= 4 is 10.8 Å². The average Bonchev–Trinajstić information content (AvgIpc) is 2.17. The van der Waals surface area contributed by atoms with Crippen LogP contribution in [0.25, 0.3) is 10.8 Å². The van der Waals surface area contributed by atoms with E-state index in [-0.39, 0.29) is 6.04 Å². The third-order valence-corrected chi connectivity index (χ3v) is 2.11. The van der Waals surface area contributed by atoms with Crippen LogP contribution >= 0.6 is 0 Å². The molecule has 0 saturated heterocycles. The lowest BCUT2D eigenvalue weighted by molar-refractivity contribution is 0.825. The van der Waals surface area contributed by atoms with Gasteiger partial charge in [0.15, 0.2) is 0 Å². The first-order valence-corrected chi connectivity index (χ1v) is 4.24. The van der Waals surface area contributed by atoms with Crippen LogP contribution in [0.5, 0.6) is 0 Å². The van der Waals surface area contributed by atoms with E-state index in [1.165, 1.54) is 0 Å². The molecule has 0 radical (unpaired) electrons. The number of benzene rings is 1. The van der Waals surface area contributed by atoms with Gasteiger partial charge in [0.1, 0.15) is 0 Å². The molecule has 2 aromatic rings. The van der Waals surface area contributed by atoms with Crippen molar-refractivity contribution in [2.24, 2.45) is 5.73 Å². The molecule has 0 aliphatic heterocycles. The van der Waals surface area contributed by atoms with Crippen molar-refractivity contribution in [3.8, 4) is 0 Å². The molecule has 13 heavy (non-hydrogen) atoms. The number of nitrogens with two attached hydrogens (primary N) is 1. The fourth-order valence-electron chi connectivity index (χ4n) is 1.45. The number of hydrogen-bond acceptors (Lipinski definition) is 3. The summed E-state index contributed by atoms with van der Waals surface area (Å²) in [5.74, 6) is 0. The maximum atomic E-state index is 5.83. The SMILES string of the molecule is C[C@@H](N)c1cccc2cnncc12. The van der Waals surface area contributed by atoms with Crippen LogP contribution in [-0.4, -0.2) is 10.2 Å². The van der Waals surface area contributed by atoms with Gasteiger partial charge in [-0.05, 0) is 12.5 Å². The molecule has 0 spiro atoms. The number of aromatic nitrogens is 2. The molecule has 0 amide bonds. The van der Waals surface area contributed by atoms with Crippen molar-refractivity contribution in [2.75, 3.05) is 0 Å². The summed E-state index contributed by atoms with van der Waals surface area (Å²) in [5, 5.41) is 9.85. The molecule has 0 fully saturated rings. The lowest BCUT2D eigenvalue weighted by atomic mass is 10.0. The third kappa shape index (κ3) is 1.38. The molecule has 1 aromatic carbocycles. The highest BCUT2D eigenvalue weighted by Gasteiger charge is 2.04. The van der Waals surface area contributed by atoms with Crippen LogP contribution < -0.4 is 5.73 Å². The van der Waals surface area contributed by atoms with E-state index in [4.69, 9.17) is 5.73 Å². The standard InChI is InChI=1S/C10H11N3/c1-7(11)9-4-2-3-8-5-12-13-6-10(8)9/h2-7H,11H2,1H3/t7-/m1/s1. The minimum absolute atomic E-state index is 0.0351. The predicted molar refractivity (Wildman–Crippen MR) is 52.1 cm³/mol. The van der Waals surface area contributed by atoms with Crippen LogP contribution in [0.15, 0.2) is 30.6 Å². The zero-order valence-electron chi connectivity index (χ0n) is 7.44. The maximum Gasteiger partial charge on any atom is 0.0578 e. The Kier molecular flexibility index (Phi) is 1.94. The monoisotopic (exact) mass is 173 g/mol. The average molecular weight is 173 g/mol. The fraction of sp³-hybridized carbons (Fsp3) is 0.200. The van der Waals surface area contributed by atoms with Crippen molar-refractivity contribution in [3.63, 3.8) is 0 Å². The summed E-state index contributed by atoms with van der Waals surface area (Å²) in [6.45, 7) is 1.97. The van der Waals surface area contributed by atoms with E-state index < -0.39 is 0 Å². The summed E-state index contributed by atoms with van der Waals surface area (Å²) in [4.78, 5) is 0. The quantitative estimate of drug-likeness (QED) is 0.713. The van der Waals surface area contributed by atoms with Gasteiger partial charge in [0.2, 0.25) is 0 Å². The molecule has 1 heterocycles. The van der Waals surface area contributed by atoms with Crippen LogP contribution in [0.2, 0.25) is 0 Å². The van der Waals surface area contributed by atoms with Crippen molar-refractivity contribution in [1.82, 2.24) is 10.2 Å². The molecule has 0 aliphatic carbocycles. The molecule has 0 saturated carbocycles. The molecule has 2 N–H and O–H groups in total. The van der Waals surface area contributed by atoms with Crippen LogP contribution in [0.1, 0.15) is 18.5 Å². The van der Waals surface area contributed by atoms with E-state index >= 15 is 0 Å². The molecular weight excluding hydrogens is 162 g/mol. The zero-order chi connectivity index (χ0) is 9.26. The fourth-order valence-corrected chi connectivity index (χ4v) is 1.45. The summed E-state index contributed by atoms with van der Waals surface area (Å²) in [6, 6.07) is 6.06. The molecule has 66 valence electrons. The van der Waals surface area contributed by atoms with Gasteiger partial charge in [-0.25, -0.2) is 0 Å². The minimum atomic E-state index is 0.0351. The van der Waals surface area contributed by atoms with Crippen LogP contribution in [0.4, 0.5) is 0 Å². The highest BCUT2D eigenvalue weighted by molar-refractivity contribution is 5.84. The Morgan fingerprint density at radius 2 is 2.00 bits per heavy atom. The molecule has 0 bridgehead atoms. The minimum Gasteiger partial charge on any atom is -0.324 e. The Hall–Kier alpha value is -1.48. The summed E-state index contributed by atoms with van der Waals surface area (Å²) in [6.07, 6.45) is 3.51. The van der Waals surface area contributed by atoms with Gasteiger partial charge in [0, 0.05) is 16.8 Å². The third-order valence-electron chi connectivity index (χ3n) is 2.11. The van der Waals surface area contributed by atoms with Gasteiger partial charge >= 0.3 is 0 Å². The maximum absolute atomic E-state index is 5.83. The van der Waals surface area contributed by atoms with Gasteiger partial charge in [-0.2, -0.15) is 10.2 Å². The van der Waals surface area contributed by atoms with E-state index in [1.54, 1.807) is 12.4 Å². The van der Waals surface area contributed by atoms with Crippen molar-refractivity contribution in [2.45, 2.75) is 13.0 Å². The molecular formula is C10H11N3. The van der Waals surface area contributed by atoms with Crippen LogP contribution in [-0.2, 0) is 0 Å². The topological polar surface area (TPSA) is 51.8 Å². The highest BCUT2D eigenvalue weighted by atomic mass is 15.1. The van der Waals surface area contributed by atoms with Crippen molar-refractivity contribution in [3.05, 3.63) is 36.2 Å². The Balaban J connectivity index is 2.76. The molecule has 3 nitrogen and oxygen atoms in total. The lowest BCUT2D eigenvalue weighted by Crippen LogP contribution is -2.05. The summed E-state index contributed by atoms with van der Waals surface area (Å²) < 4.78 is 0. The van der Waals surface area contributed by atoms with E-state index in [9.17, 15) is 0 Å². The Morgan fingerprint density at radius 3 is 2.77 bits per heavy atom. The smallest absolute Gasteiger partial charge is 0.0578 e. The van der Waals surface area contributed by atoms with Gasteiger partial charge in [-0.3, -0.25) is 0 Å². The van der Waals surface area contributed by atoms with Crippen LogP contribution in [0, 0.1) is 0 Å². The van der Waals surface area contributed by atoms with Crippen molar-refractivity contribution < 1.29 is 0 Å². The van der Waals surface area contributed by atoms with E-state index in [0.717, 1.165) is 16.3 Å². The molecule has 1 atom stereocenters. The second-order valence-electron chi connectivity index (χ2n) is 3.13. The number of nitrogens with zero attached hydrogens (tertiary/aromatic N) is 2. The number of fused-ring (bicyclic) bond motifs is 1. The Bertz CT molecular complexity index is 418. The molecule has 0 aliphatic rings. The summed E-state index contributed by atoms with van der Waals surface area (Å²) in [7, 11) is 0. The first kappa shape index (κ1) is 8.13. The summed E-state index contributed by atoms with van der Waals surface area (Å²) in [5.41, 5.74) is 6.95. The highest BCUT2D eigenvalue weighted by Crippen LogP contribution is 2.20. The molecule has 0 unspecified atom stereocenters. The second kappa shape index (κ2) is 3.11. The lowest BCUT2D eigenvalue weighted by Gasteiger charge is -2.08. The zero-order valence-corrected chi connectivity index (χ0v) is 7.44. The van der Waals surface area contributed by atoms with E-state index in [1.807, 2.05) is 25.1 Å². The molecule has 1 aromatic heterocycles. The Morgan fingerprint density at radius 1 is 1.23 bits per heavy atom.